The zero-order valence-corrected chi connectivity index (χ0v) is 11.2. The van der Waals surface area contributed by atoms with Gasteiger partial charge >= 0.3 is 0 Å². The molecule has 0 heterocycles. The molecule has 0 atom stereocenters. The van der Waals surface area contributed by atoms with Gasteiger partial charge in [0.2, 0.25) is 0 Å². The average molecular weight is 271 g/mol. The maximum atomic E-state index is 13.0. The van der Waals surface area contributed by atoms with Crippen molar-refractivity contribution in [1.82, 2.24) is 0 Å². The van der Waals surface area contributed by atoms with Crippen LogP contribution in [0.2, 0.25) is 0 Å². The molecule has 1 aromatic rings. The lowest BCUT2D eigenvalue weighted by molar-refractivity contribution is 0.150. The molecule has 5 heteroatoms. The summed E-state index contributed by atoms with van der Waals surface area (Å²) in [5.41, 5.74) is 6.32. The smallest absolute Gasteiger partial charge is 0.263 e. The van der Waals surface area contributed by atoms with E-state index in [0.29, 0.717) is 17.1 Å². The van der Waals surface area contributed by atoms with Crippen LogP contribution in [0.5, 0.6) is 11.5 Å². The summed E-state index contributed by atoms with van der Waals surface area (Å²) in [5, 5.41) is 0. The van der Waals surface area contributed by atoms with Crippen molar-refractivity contribution in [2.45, 2.75) is 37.6 Å². The normalized spacial score (nSPS) is 17.8. The van der Waals surface area contributed by atoms with Crippen LogP contribution in [-0.2, 0) is 5.54 Å². The summed E-state index contributed by atoms with van der Waals surface area (Å²) in [6, 6.07) is 2.77. The highest BCUT2D eigenvalue weighted by atomic mass is 19.3. The first kappa shape index (κ1) is 14.1. The molecule has 0 radical (unpaired) electrons. The van der Waals surface area contributed by atoms with Crippen LogP contribution in [0.3, 0.4) is 0 Å². The van der Waals surface area contributed by atoms with E-state index in [4.69, 9.17) is 15.2 Å². The summed E-state index contributed by atoms with van der Waals surface area (Å²) >= 11 is 0. The van der Waals surface area contributed by atoms with E-state index in [9.17, 15) is 8.78 Å². The molecule has 0 saturated heterocycles. The van der Waals surface area contributed by atoms with Crippen molar-refractivity contribution in [2.24, 2.45) is 5.73 Å². The number of halogens is 2. The zero-order chi connectivity index (χ0) is 14.0. The summed E-state index contributed by atoms with van der Waals surface area (Å²) in [5.74, 6) is 0.781. The molecule has 0 amide bonds. The van der Waals surface area contributed by atoms with E-state index in [1.54, 1.807) is 0 Å². The summed E-state index contributed by atoms with van der Waals surface area (Å²) in [6.45, 7) is 0. The summed E-state index contributed by atoms with van der Waals surface area (Å²) in [6.07, 6.45) is 1.00. The Morgan fingerprint density at radius 3 is 2.26 bits per heavy atom. The fourth-order valence-corrected chi connectivity index (χ4v) is 2.76. The second kappa shape index (κ2) is 5.33. The van der Waals surface area contributed by atoms with Crippen molar-refractivity contribution in [3.63, 3.8) is 0 Å². The van der Waals surface area contributed by atoms with Gasteiger partial charge in [-0.3, -0.25) is 0 Å². The molecule has 1 aliphatic rings. The van der Waals surface area contributed by atoms with Gasteiger partial charge in [0.15, 0.2) is 11.5 Å². The van der Waals surface area contributed by atoms with E-state index in [1.807, 2.05) is 0 Å². The predicted octanol–water partition coefficient (Wildman–Crippen LogP) is 3.37. The minimum Gasteiger partial charge on any atom is -0.493 e. The van der Waals surface area contributed by atoms with Crippen LogP contribution in [0, 0.1) is 0 Å². The van der Waals surface area contributed by atoms with E-state index >= 15 is 0 Å². The van der Waals surface area contributed by atoms with Crippen molar-refractivity contribution in [1.29, 1.82) is 0 Å². The minimum absolute atomic E-state index is 0.0793. The number of benzene rings is 1. The molecule has 0 aliphatic heterocycles. The van der Waals surface area contributed by atoms with Crippen molar-refractivity contribution in [3.8, 4) is 11.5 Å². The molecule has 2 rings (SSSR count). The molecule has 3 nitrogen and oxygen atoms in total. The minimum atomic E-state index is -2.55. The first-order chi connectivity index (χ1) is 9.01. The number of hydrogen-bond acceptors (Lipinski definition) is 3. The van der Waals surface area contributed by atoms with Crippen LogP contribution in [0.4, 0.5) is 8.78 Å². The van der Waals surface area contributed by atoms with Gasteiger partial charge in [-0.05, 0) is 25.0 Å². The quantitative estimate of drug-likeness (QED) is 0.913. The van der Waals surface area contributed by atoms with Gasteiger partial charge < -0.3 is 15.2 Å². The fraction of sp³-hybridized carbons (Fsp3) is 0.571. The molecular weight excluding hydrogens is 252 g/mol. The summed E-state index contributed by atoms with van der Waals surface area (Å²) < 4.78 is 36.4. The van der Waals surface area contributed by atoms with Crippen molar-refractivity contribution < 1.29 is 18.3 Å². The molecule has 0 unspecified atom stereocenters. The van der Waals surface area contributed by atoms with Gasteiger partial charge in [0.05, 0.1) is 14.2 Å². The maximum absolute atomic E-state index is 13.0. The highest BCUT2D eigenvalue weighted by molar-refractivity contribution is 5.53. The third kappa shape index (κ3) is 2.52. The number of rotatable bonds is 4. The molecule has 1 saturated carbocycles. The molecule has 1 aliphatic carbocycles. The van der Waals surface area contributed by atoms with Crippen LogP contribution >= 0.6 is 0 Å². The van der Waals surface area contributed by atoms with Crippen LogP contribution in [0.15, 0.2) is 12.1 Å². The highest BCUT2D eigenvalue weighted by Gasteiger charge is 2.36. The third-order valence-electron chi connectivity index (χ3n) is 3.79. The fourth-order valence-electron chi connectivity index (χ4n) is 2.76. The molecule has 0 bridgehead atoms. The number of ether oxygens (including phenoxy) is 2. The monoisotopic (exact) mass is 271 g/mol. The first-order valence-electron chi connectivity index (χ1n) is 6.35. The van der Waals surface area contributed by atoms with Crippen molar-refractivity contribution in [3.05, 3.63) is 23.3 Å². The Labute approximate surface area is 111 Å². The van der Waals surface area contributed by atoms with Crippen LogP contribution < -0.4 is 15.2 Å². The topological polar surface area (TPSA) is 44.5 Å². The van der Waals surface area contributed by atoms with Crippen molar-refractivity contribution >= 4 is 0 Å². The molecule has 1 aromatic carbocycles. The number of methoxy groups -OCH3 is 2. The van der Waals surface area contributed by atoms with Crippen molar-refractivity contribution in [2.75, 3.05) is 14.2 Å². The second-order valence-electron chi connectivity index (χ2n) is 4.97. The lowest BCUT2D eigenvalue weighted by Crippen LogP contribution is -2.33. The Hall–Kier alpha value is -1.36. The van der Waals surface area contributed by atoms with Crippen LogP contribution in [-0.4, -0.2) is 14.2 Å². The molecule has 0 aromatic heterocycles. The van der Waals surface area contributed by atoms with Crippen LogP contribution in [0.25, 0.3) is 0 Å². The Morgan fingerprint density at radius 1 is 1.16 bits per heavy atom. The lowest BCUT2D eigenvalue weighted by atomic mass is 9.87. The van der Waals surface area contributed by atoms with E-state index in [-0.39, 0.29) is 5.56 Å². The zero-order valence-electron chi connectivity index (χ0n) is 11.2. The van der Waals surface area contributed by atoms with Gasteiger partial charge in [0.1, 0.15) is 0 Å². The molecular formula is C14H19F2NO2. The van der Waals surface area contributed by atoms with E-state index < -0.39 is 12.0 Å². The Kier molecular flexibility index (Phi) is 3.94. The van der Waals surface area contributed by atoms with Gasteiger partial charge in [-0.15, -0.1) is 0 Å². The second-order valence-corrected chi connectivity index (χ2v) is 4.97. The molecule has 1 fully saturated rings. The van der Waals surface area contributed by atoms with E-state index in [2.05, 4.69) is 0 Å². The molecule has 2 N–H and O–H groups in total. The van der Waals surface area contributed by atoms with E-state index in [0.717, 1.165) is 25.7 Å². The third-order valence-corrected chi connectivity index (χ3v) is 3.79. The first-order valence-corrected chi connectivity index (χ1v) is 6.35. The van der Waals surface area contributed by atoms with Gasteiger partial charge in [0, 0.05) is 16.7 Å². The standard InChI is InChI=1S/C14H19F2NO2/c1-18-11-8-9(13(15)16)7-10(12(11)19-2)14(17)5-3-4-6-14/h7-8,13H,3-6,17H2,1-2H3. The highest BCUT2D eigenvalue weighted by Crippen LogP contribution is 2.45. The number of hydrogen-bond donors (Lipinski definition) is 1. The lowest BCUT2D eigenvalue weighted by Gasteiger charge is -2.28. The van der Waals surface area contributed by atoms with Crippen LogP contribution in [0.1, 0.15) is 43.2 Å². The molecule has 19 heavy (non-hydrogen) atoms. The average Bonchev–Trinajstić information content (AvgIpc) is 2.85. The Balaban J connectivity index is 2.58. The Morgan fingerprint density at radius 2 is 1.79 bits per heavy atom. The SMILES string of the molecule is COc1cc(C(F)F)cc(C2(N)CCCC2)c1OC. The van der Waals surface area contributed by atoms with E-state index in [1.165, 1.54) is 26.4 Å². The largest absolute Gasteiger partial charge is 0.493 e. The van der Waals surface area contributed by atoms with Gasteiger partial charge in [-0.25, -0.2) is 8.78 Å². The van der Waals surface area contributed by atoms with Gasteiger partial charge in [0.25, 0.3) is 6.43 Å². The Bertz CT molecular complexity index is 457. The summed E-state index contributed by atoms with van der Waals surface area (Å²) in [4.78, 5) is 0. The van der Waals surface area contributed by atoms with Gasteiger partial charge in [-0.2, -0.15) is 0 Å². The number of nitrogens with two attached hydrogens (primary N) is 1. The molecule has 0 spiro atoms. The predicted molar refractivity (Wildman–Crippen MR) is 68.8 cm³/mol. The molecule has 106 valence electrons. The summed E-state index contributed by atoms with van der Waals surface area (Å²) in [7, 11) is 2.94. The maximum Gasteiger partial charge on any atom is 0.263 e. The van der Waals surface area contributed by atoms with Gasteiger partial charge in [-0.1, -0.05) is 12.8 Å². The number of alkyl halides is 2.